The topological polar surface area (TPSA) is 99.4 Å². The number of esters is 1. The maximum absolute atomic E-state index is 12.1. The molecule has 0 saturated heterocycles. The summed E-state index contributed by atoms with van der Waals surface area (Å²) in [6.07, 6.45) is 0. The molecule has 0 saturated carbocycles. The third-order valence-electron chi connectivity index (χ3n) is 3.32. The SMILES string of the molecule is CCOC(=O)C(=NO)C(c1ccc(O)cc1)c1ccc(O)cc1. The van der Waals surface area contributed by atoms with Gasteiger partial charge < -0.3 is 20.2 Å². The number of ether oxygens (including phenoxy) is 1. The summed E-state index contributed by atoms with van der Waals surface area (Å²) in [5.41, 5.74) is 1.09. The lowest BCUT2D eigenvalue weighted by Crippen LogP contribution is -2.25. The standard InChI is InChI=1S/C17H17NO5/c1-2-23-17(21)16(18-22)15(11-3-7-13(19)8-4-11)12-5-9-14(20)10-6-12/h3-10,15,19-20,22H,2H2,1H3. The highest BCUT2D eigenvalue weighted by Crippen LogP contribution is 2.29. The minimum atomic E-state index is -0.735. The third kappa shape index (κ3) is 3.79. The van der Waals surface area contributed by atoms with Gasteiger partial charge in [0.25, 0.3) is 0 Å². The van der Waals surface area contributed by atoms with Crippen LogP contribution in [0.3, 0.4) is 0 Å². The largest absolute Gasteiger partial charge is 0.508 e. The van der Waals surface area contributed by atoms with E-state index in [4.69, 9.17) is 4.74 Å². The van der Waals surface area contributed by atoms with Gasteiger partial charge in [0.2, 0.25) is 0 Å². The fraction of sp³-hybridized carbons (Fsp3) is 0.176. The van der Waals surface area contributed by atoms with Gasteiger partial charge in [-0.25, -0.2) is 4.79 Å². The Morgan fingerprint density at radius 1 is 1.00 bits per heavy atom. The van der Waals surface area contributed by atoms with Crippen LogP contribution in [0.15, 0.2) is 53.7 Å². The van der Waals surface area contributed by atoms with Gasteiger partial charge in [-0.1, -0.05) is 29.4 Å². The van der Waals surface area contributed by atoms with Crippen molar-refractivity contribution in [2.24, 2.45) is 5.16 Å². The average Bonchev–Trinajstić information content (AvgIpc) is 2.55. The molecule has 0 aromatic heterocycles. The van der Waals surface area contributed by atoms with Gasteiger partial charge in [-0.3, -0.25) is 0 Å². The molecule has 23 heavy (non-hydrogen) atoms. The van der Waals surface area contributed by atoms with E-state index in [1.165, 1.54) is 24.3 Å². The predicted molar refractivity (Wildman–Crippen MR) is 83.9 cm³/mol. The van der Waals surface area contributed by atoms with Crippen molar-refractivity contribution in [3.05, 3.63) is 59.7 Å². The molecule has 0 atom stereocenters. The lowest BCUT2D eigenvalue weighted by atomic mass is 9.87. The van der Waals surface area contributed by atoms with Crippen molar-refractivity contribution in [3.8, 4) is 11.5 Å². The van der Waals surface area contributed by atoms with E-state index in [1.807, 2.05) is 0 Å². The zero-order chi connectivity index (χ0) is 16.8. The number of carbonyl (C=O) groups excluding carboxylic acids is 1. The first-order valence-electron chi connectivity index (χ1n) is 7.03. The van der Waals surface area contributed by atoms with Crippen LogP contribution >= 0.6 is 0 Å². The van der Waals surface area contributed by atoms with Crippen LogP contribution in [0.5, 0.6) is 11.5 Å². The maximum Gasteiger partial charge on any atom is 0.357 e. The molecule has 120 valence electrons. The van der Waals surface area contributed by atoms with Gasteiger partial charge >= 0.3 is 5.97 Å². The summed E-state index contributed by atoms with van der Waals surface area (Å²) in [6.45, 7) is 1.80. The summed E-state index contributed by atoms with van der Waals surface area (Å²) < 4.78 is 4.94. The fourth-order valence-electron chi connectivity index (χ4n) is 2.26. The van der Waals surface area contributed by atoms with Crippen molar-refractivity contribution in [1.82, 2.24) is 0 Å². The second-order valence-electron chi connectivity index (χ2n) is 4.82. The molecular weight excluding hydrogens is 298 g/mol. The molecule has 0 aliphatic carbocycles. The lowest BCUT2D eigenvalue weighted by Gasteiger charge is -2.18. The van der Waals surface area contributed by atoms with Crippen molar-refractivity contribution < 1.29 is 25.0 Å². The highest BCUT2D eigenvalue weighted by Gasteiger charge is 2.28. The van der Waals surface area contributed by atoms with Gasteiger partial charge in [0, 0.05) is 0 Å². The minimum Gasteiger partial charge on any atom is -0.508 e. The summed E-state index contributed by atoms with van der Waals surface area (Å²) in [5, 5.41) is 31.3. The van der Waals surface area contributed by atoms with Crippen LogP contribution in [0.2, 0.25) is 0 Å². The summed E-state index contributed by atoms with van der Waals surface area (Å²) in [7, 11) is 0. The average molecular weight is 315 g/mol. The lowest BCUT2D eigenvalue weighted by molar-refractivity contribution is -0.135. The number of carbonyl (C=O) groups is 1. The van der Waals surface area contributed by atoms with Gasteiger partial charge in [-0.15, -0.1) is 0 Å². The molecule has 0 bridgehead atoms. The molecule has 0 fully saturated rings. The van der Waals surface area contributed by atoms with Gasteiger partial charge in [0.1, 0.15) is 11.5 Å². The van der Waals surface area contributed by atoms with Gasteiger partial charge in [-0.05, 0) is 42.3 Å². The Labute approximate surface area is 133 Å². The quantitative estimate of drug-likeness (QED) is 0.341. The van der Waals surface area contributed by atoms with Crippen molar-refractivity contribution in [3.63, 3.8) is 0 Å². The number of hydrogen-bond donors (Lipinski definition) is 3. The molecule has 0 aliphatic heterocycles. The van der Waals surface area contributed by atoms with Gasteiger partial charge in [0.05, 0.1) is 12.5 Å². The molecule has 6 heteroatoms. The first-order chi connectivity index (χ1) is 11.1. The first-order valence-corrected chi connectivity index (χ1v) is 7.03. The van der Waals surface area contributed by atoms with E-state index < -0.39 is 11.9 Å². The Bertz CT molecular complexity index is 646. The van der Waals surface area contributed by atoms with E-state index in [0.717, 1.165) is 0 Å². The Kier molecular flexibility index (Phi) is 5.19. The number of phenolic OH excluding ortho intramolecular Hbond substituents is 2. The highest BCUT2D eigenvalue weighted by molar-refractivity contribution is 6.39. The van der Waals surface area contributed by atoms with Crippen molar-refractivity contribution in [1.29, 1.82) is 0 Å². The van der Waals surface area contributed by atoms with Gasteiger partial charge in [-0.2, -0.15) is 0 Å². The van der Waals surface area contributed by atoms with Crippen LogP contribution in [-0.2, 0) is 9.53 Å². The molecule has 0 unspecified atom stereocenters. The Morgan fingerprint density at radius 2 is 1.43 bits per heavy atom. The first kappa shape index (κ1) is 16.4. The summed E-state index contributed by atoms with van der Waals surface area (Å²) in [5.74, 6) is -1.27. The molecule has 2 rings (SSSR count). The smallest absolute Gasteiger partial charge is 0.357 e. The summed E-state index contributed by atoms with van der Waals surface area (Å²) in [4.78, 5) is 12.1. The molecule has 3 N–H and O–H groups in total. The van der Waals surface area contributed by atoms with Crippen LogP contribution in [-0.4, -0.2) is 33.7 Å². The third-order valence-corrected chi connectivity index (χ3v) is 3.32. The molecule has 0 aliphatic rings. The minimum absolute atomic E-state index is 0.0804. The van der Waals surface area contributed by atoms with Crippen molar-refractivity contribution >= 4 is 11.7 Å². The molecule has 2 aromatic carbocycles. The molecule has 0 amide bonds. The van der Waals surface area contributed by atoms with Crippen LogP contribution < -0.4 is 0 Å². The van der Waals surface area contributed by atoms with E-state index in [9.17, 15) is 20.2 Å². The zero-order valence-corrected chi connectivity index (χ0v) is 12.5. The fourth-order valence-corrected chi connectivity index (χ4v) is 2.26. The van der Waals surface area contributed by atoms with Crippen LogP contribution in [0, 0.1) is 0 Å². The van der Waals surface area contributed by atoms with Crippen molar-refractivity contribution in [2.45, 2.75) is 12.8 Å². The van der Waals surface area contributed by atoms with E-state index >= 15 is 0 Å². The summed E-state index contributed by atoms with van der Waals surface area (Å²) in [6, 6.07) is 12.4. The monoisotopic (exact) mass is 315 g/mol. The van der Waals surface area contributed by atoms with Crippen molar-refractivity contribution in [2.75, 3.05) is 6.61 Å². The molecule has 0 heterocycles. The molecule has 6 nitrogen and oxygen atoms in total. The number of aromatic hydroxyl groups is 2. The second-order valence-corrected chi connectivity index (χ2v) is 4.82. The molecule has 2 aromatic rings. The Morgan fingerprint density at radius 3 is 1.78 bits per heavy atom. The zero-order valence-electron chi connectivity index (χ0n) is 12.5. The Balaban J connectivity index is 2.52. The van der Waals surface area contributed by atoms with Crippen LogP contribution in [0.25, 0.3) is 0 Å². The Hall–Kier alpha value is -3.02. The molecular formula is C17H17NO5. The number of oxime groups is 1. The molecule has 0 spiro atoms. The maximum atomic E-state index is 12.1. The van der Waals surface area contributed by atoms with Crippen LogP contribution in [0.1, 0.15) is 24.0 Å². The molecule has 0 radical (unpaired) electrons. The number of phenols is 2. The van der Waals surface area contributed by atoms with E-state index in [0.29, 0.717) is 11.1 Å². The van der Waals surface area contributed by atoms with Gasteiger partial charge in [0.15, 0.2) is 5.71 Å². The summed E-state index contributed by atoms with van der Waals surface area (Å²) >= 11 is 0. The second kappa shape index (κ2) is 7.31. The van der Waals surface area contributed by atoms with E-state index in [2.05, 4.69) is 5.16 Å². The predicted octanol–water partition coefficient (Wildman–Crippen LogP) is 2.62. The highest BCUT2D eigenvalue weighted by atomic mass is 16.5. The number of nitrogens with zero attached hydrogens (tertiary/aromatic N) is 1. The van der Waals surface area contributed by atoms with Crippen LogP contribution in [0.4, 0.5) is 0 Å². The number of hydrogen-bond acceptors (Lipinski definition) is 6. The van der Waals surface area contributed by atoms with E-state index in [-0.39, 0.29) is 23.8 Å². The van der Waals surface area contributed by atoms with E-state index in [1.54, 1.807) is 31.2 Å². The normalized spacial score (nSPS) is 11.5. The number of rotatable bonds is 5. The number of benzene rings is 2.